The van der Waals surface area contributed by atoms with Gasteiger partial charge in [-0.1, -0.05) is 67.4 Å². The van der Waals surface area contributed by atoms with Gasteiger partial charge in [0.2, 0.25) is 5.91 Å². The Balaban J connectivity index is 1.57. The molecule has 140 valence electrons. The van der Waals surface area contributed by atoms with Crippen molar-refractivity contribution in [1.29, 1.82) is 0 Å². The molecular formula is C22H25N3OS. The Kier molecular flexibility index (Phi) is 5.48. The van der Waals surface area contributed by atoms with Gasteiger partial charge in [-0.05, 0) is 43.0 Å². The monoisotopic (exact) mass is 379 g/mol. The number of hydrogen-bond acceptors (Lipinski definition) is 3. The zero-order valence-electron chi connectivity index (χ0n) is 15.6. The number of H-pyrrole nitrogens is 1. The molecule has 2 N–H and O–H groups in total. The molecule has 0 radical (unpaired) electrons. The van der Waals surface area contributed by atoms with Gasteiger partial charge in [0, 0.05) is 6.04 Å². The van der Waals surface area contributed by atoms with Crippen molar-refractivity contribution in [3.05, 3.63) is 59.7 Å². The number of aromatic amines is 1. The standard InChI is InChI=1S/C22H25N3OS/c1-15-12-13-18-19(14-15)25-22(24-18)27-20(16-8-4-2-5-9-16)21(26)23-17-10-6-3-7-11-17/h2,4-5,8-9,12-14,17,20H,3,6-7,10-11H2,1H3,(H,23,26)(H,24,25)/t20-/m1/s1. The number of thioether (sulfide) groups is 1. The number of nitrogens with one attached hydrogen (secondary N) is 2. The van der Waals surface area contributed by atoms with Crippen molar-refractivity contribution in [2.75, 3.05) is 0 Å². The van der Waals surface area contributed by atoms with Gasteiger partial charge in [-0.25, -0.2) is 4.98 Å². The summed E-state index contributed by atoms with van der Waals surface area (Å²) in [5.74, 6) is 0.0785. The van der Waals surface area contributed by atoms with Crippen molar-refractivity contribution in [1.82, 2.24) is 15.3 Å². The number of hydrogen-bond donors (Lipinski definition) is 2. The van der Waals surface area contributed by atoms with E-state index >= 15 is 0 Å². The summed E-state index contributed by atoms with van der Waals surface area (Å²) in [5.41, 5.74) is 4.14. The SMILES string of the molecule is Cc1ccc2nc(S[C@@H](C(=O)NC3CCCCC3)c3ccccc3)[nH]c2c1. The number of rotatable bonds is 5. The van der Waals surface area contributed by atoms with Gasteiger partial charge in [0.05, 0.1) is 11.0 Å². The van der Waals surface area contributed by atoms with Gasteiger partial charge in [-0.2, -0.15) is 0 Å². The Bertz CT molecular complexity index is 916. The molecule has 1 atom stereocenters. The second kappa shape index (κ2) is 8.17. The average Bonchev–Trinajstić information content (AvgIpc) is 3.09. The van der Waals surface area contributed by atoms with Crippen LogP contribution in [0.25, 0.3) is 11.0 Å². The molecular weight excluding hydrogens is 354 g/mol. The van der Waals surface area contributed by atoms with E-state index in [1.54, 1.807) is 0 Å². The van der Waals surface area contributed by atoms with Crippen LogP contribution in [0.2, 0.25) is 0 Å². The Morgan fingerprint density at radius 3 is 2.70 bits per heavy atom. The van der Waals surface area contributed by atoms with Gasteiger partial charge in [0.25, 0.3) is 0 Å². The van der Waals surface area contributed by atoms with Gasteiger partial charge in [0.1, 0.15) is 5.25 Å². The number of carbonyl (C=O) groups is 1. The highest BCUT2D eigenvalue weighted by atomic mass is 32.2. The molecule has 0 unspecified atom stereocenters. The molecule has 1 aromatic heterocycles. The Labute approximate surface area is 164 Å². The van der Waals surface area contributed by atoms with Crippen LogP contribution in [-0.4, -0.2) is 21.9 Å². The molecule has 4 nitrogen and oxygen atoms in total. The number of nitrogens with zero attached hydrogens (tertiary/aromatic N) is 1. The van der Waals surface area contributed by atoms with Crippen LogP contribution in [0.15, 0.2) is 53.7 Å². The molecule has 1 aliphatic rings. The average molecular weight is 380 g/mol. The largest absolute Gasteiger partial charge is 0.352 e. The van der Waals surface area contributed by atoms with Gasteiger partial charge in [-0.3, -0.25) is 4.79 Å². The maximum Gasteiger partial charge on any atom is 0.238 e. The number of fused-ring (bicyclic) bond motifs is 1. The van der Waals surface area contributed by atoms with Crippen LogP contribution in [0.4, 0.5) is 0 Å². The van der Waals surface area contributed by atoms with Crippen molar-refractivity contribution in [2.24, 2.45) is 0 Å². The molecule has 5 heteroatoms. The highest BCUT2D eigenvalue weighted by molar-refractivity contribution is 8.00. The summed E-state index contributed by atoms with van der Waals surface area (Å²) in [7, 11) is 0. The predicted octanol–water partition coefficient (Wildman–Crippen LogP) is 5.15. The molecule has 2 aromatic carbocycles. The molecule has 3 aromatic rings. The molecule has 0 bridgehead atoms. The zero-order chi connectivity index (χ0) is 18.6. The summed E-state index contributed by atoms with van der Waals surface area (Å²) in [6.45, 7) is 2.07. The third-order valence-electron chi connectivity index (χ3n) is 5.14. The molecule has 0 aliphatic heterocycles. The number of amides is 1. The van der Waals surface area contributed by atoms with Crippen molar-refractivity contribution in [2.45, 2.75) is 55.5 Å². The molecule has 0 saturated heterocycles. The maximum atomic E-state index is 13.1. The lowest BCUT2D eigenvalue weighted by molar-refractivity contribution is -0.121. The first-order valence-electron chi connectivity index (χ1n) is 9.67. The minimum absolute atomic E-state index is 0.0785. The quantitative estimate of drug-likeness (QED) is 0.603. The molecule has 1 heterocycles. The van der Waals surface area contributed by atoms with Crippen LogP contribution >= 0.6 is 11.8 Å². The fraction of sp³-hybridized carbons (Fsp3) is 0.364. The van der Waals surface area contributed by atoms with E-state index in [0.717, 1.165) is 34.6 Å². The lowest BCUT2D eigenvalue weighted by Gasteiger charge is -2.25. The van der Waals surface area contributed by atoms with Crippen molar-refractivity contribution >= 4 is 28.7 Å². The van der Waals surface area contributed by atoms with E-state index in [1.165, 1.54) is 36.6 Å². The highest BCUT2D eigenvalue weighted by Gasteiger charge is 2.26. The maximum absolute atomic E-state index is 13.1. The van der Waals surface area contributed by atoms with Gasteiger partial charge in [-0.15, -0.1) is 0 Å². The summed E-state index contributed by atoms with van der Waals surface area (Å²) in [5, 5.41) is 3.75. The fourth-order valence-corrected chi connectivity index (χ4v) is 4.70. The number of aryl methyl sites for hydroxylation is 1. The number of aromatic nitrogens is 2. The summed E-state index contributed by atoms with van der Waals surface area (Å²) < 4.78 is 0. The smallest absolute Gasteiger partial charge is 0.238 e. The number of imidazole rings is 1. The summed E-state index contributed by atoms with van der Waals surface area (Å²) in [6.07, 6.45) is 5.86. The van der Waals surface area contributed by atoms with Crippen LogP contribution in [0, 0.1) is 6.92 Å². The number of benzene rings is 2. The lowest BCUT2D eigenvalue weighted by Crippen LogP contribution is -2.38. The van der Waals surface area contributed by atoms with E-state index in [9.17, 15) is 4.79 Å². The van der Waals surface area contributed by atoms with E-state index in [2.05, 4.69) is 34.3 Å². The third-order valence-corrected chi connectivity index (χ3v) is 6.28. The van der Waals surface area contributed by atoms with Crippen molar-refractivity contribution < 1.29 is 4.79 Å². The van der Waals surface area contributed by atoms with E-state index in [0.29, 0.717) is 6.04 Å². The molecule has 4 rings (SSSR count). The molecule has 1 saturated carbocycles. The Hall–Kier alpha value is -2.27. The van der Waals surface area contributed by atoms with Crippen LogP contribution in [0.3, 0.4) is 0 Å². The minimum Gasteiger partial charge on any atom is -0.352 e. The fourth-order valence-electron chi connectivity index (χ4n) is 3.69. The van der Waals surface area contributed by atoms with Gasteiger partial charge in [0.15, 0.2) is 5.16 Å². The number of carbonyl (C=O) groups excluding carboxylic acids is 1. The van der Waals surface area contributed by atoms with Crippen LogP contribution < -0.4 is 5.32 Å². The second-order valence-electron chi connectivity index (χ2n) is 7.31. The van der Waals surface area contributed by atoms with E-state index in [1.807, 2.05) is 36.4 Å². The predicted molar refractivity (Wildman–Crippen MR) is 111 cm³/mol. The van der Waals surface area contributed by atoms with Gasteiger partial charge >= 0.3 is 0 Å². The summed E-state index contributed by atoms with van der Waals surface area (Å²) in [4.78, 5) is 21.2. The van der Waals surface area contributed by atoms with Crippen LogP contribution in [0.5, 0.6) is 0 Å². The topological polar surface area (TPSA) is 57.8 Å². The molecule has 1 amide bonds. The normalized spacial score (nSPS) is 16.3. The lowest BCUT2D eigenvalue weighted by atomic mass is 9.95. The van der Waals surface area contributed by atoms with E-state index in [4.69, 9.17) is 0 Å². The van der Waals surface area contributed by atoms with Gasteiger partial charge < -0.3 is 10.3 Å². The van der Waals surface area contributed by atoms with E-state index in [-0.39, 0.29) is 11.2 Å². The van der Waals surface area contributed by atoms with Crippen LogP contribution in [-0.2, 0) is 4.79 Å². The zero-order valence-corrected chi connectivity index (χ0v) is 16.4. The van der Waals surface area contributed by atoms with Crippen molar-refractivity contribution in [3.8, 4) is 0 Å². The van der Waals surface area contributed by atoms with Crippen LogP contribution in [0.1, 0.15) is 48.5 Å². The van der Waals surface area contributed by atoms with E-state index < -0.39 is 0 Å². The third kappa shape index (κ3) is 4.35. The first kappa shape index (κ1) is 18.1. The molecule has 1 aliphatic carbocycles. The molecule has 0 spiro atoms. The minimum atomic E-state index is -0.310. The Morgan fingerprint density at radius 2 is 1.93 bits per heavy atom. The second-order valence-corrected chi connectivity index (χ2v) is 8.41. The van der Waals surface area contributed by atoms with Crippen molar-refractivity contribution in [3.63, 3.8) is 0 Å². The summed E-state index contributed by atoms with van der Waals surface area (Å²) >= 11 is 1.49. The molecule has 27 heavy (non-hydrogen) atoms. The summed E-state index contributed by atoms with van der Waals surface area (Å²) in [6, 6.07) is 16.5. The first-order valence-corrected chi connectivity index (χ1v) is 10.6. The first-order chi connectivity index (χ1) is 13.2. The highest BCUT2D eigenvalue weighted by Crippen LogP contribution is 2.35. The molecule has 1 fully saturated rings. The Morgan fingerprint density at radius 1 is 1.15 bits per heavy atom.